The van der Waals surface area contributed by atoms with Gasteiger partial charge in [-0.2, -0.15) is 11.8 Å². The first kappa shape index (κ1) is 13.6. The van der Waals surface area contributed by atoms with Crippen LogP contribution in [0.4, 0.5) is 11.4 Å². The molecule has 0 spiro atoms. The average molecular weight is 277 g/mol. The molecule has 0 aliphatic carbocycles. The molecule has 2 aromatic rings. The third kappa shape index (κ3) is 3.14. The van der Waals surface area contributed by atoms with Crippen LogP contribution in [-0.2, 0) is 0 Å². The van der Waals surface area contributed by atoms with E-state index in [0.717, 1.165) is 24.4 Å². The lowest BCUT2D eigenvalue weighted by Crippen LogP contribution is -2.04. The third-order valence-electron chi connectivity index (χ3n) is 2.78. The van der Waals surface area contributed by atoms with Crippen molar-refractivity contribution >= 4 is 34.0 Å². The summed E-state index contributed by atoms with van der Waals surface area (Å²) in [5, 5.41) is 14.8. The third-order valence-corrected chi connectivity index (χ3v) is 3.48. The van der Waals surface area contributed by atoms with E-state index in [4.69, 9.17) is 0 Å². The fourth-order valence-corrected chi connectivity index (χ4v) is 2.33. The van der Waals surface area contributed by atoms with Gasteiger partial charge in [-0.25, -0.2) is 0 Å². The number of anilines is 1. The molecular weight excluding hydrogens is 262 g/mol. The number of nitrogens with zero attached hydrogens (tertiary/aromatic N) is 2. The van der Waals surface area contributed by atoms with Gasteiger partial charge in [0.1, 0.15) is 5.52 Å². The molecule has 5 nitrogen and oxygen atoms in total. The Labute approximate surface area is 115 Å². The van der Waals surface area contributed by atoms with Crippen molar-refractivity contribution in [3.8, 4) is 0 Å². The van der Waals surface area contributed by atoms with Crippen LogP contribution in [0.3, 0.4) is 0 Å². The van der Waals surface area contributed by atoms with Crippen LogP contribution >= 0.6 is 11.8 Å². The van der Waals surface area contributed by atoms with Gasteiger partial charge in [0.25, 0.3) is 5.69 Å². The van der Waals surface area contributed by atoms with Crippen LogP contribution in [-0.4, -0.2) is 28.5 Å². The maximum absolute atomic E-state index is 11.0. The zero-order valence-electron chi connectivity index (χ0n) is 10.6. The molecule has 0 aliphatic heterocycles. The Balaban J connectivity index is 2.30. The molecule has 0 bridgehead atoms. The van der Waals surface area contributed by atoms with Crippen LogP contribution in [0.25, 0.3) is 10.9 Å². The van der Waals surface area contributed by atoms with E-state index < -0.39 is 0 Å². The summed E-state index contributed by atoms with van der Waals surface area (Å²) in [6, 6.07) is 6.70. The van der Waals surface area contributed by atoms with Crippen molar-refractivity contribution in [2.24, 2.45) is 0 Å². The van der Waals surface area contributed by atoms with Crippen LogP contribution in [0.1, 0.15) is 6.42 Å². The Morgan fingerprint density at radius 3 is 3.00 bits per heavy atom. The summed E-state index contributed by atoms with van der Waals surface area (Å²) in [5.41, 5.74) is 1.60. The van der Waals surface area contributed by atoms with Crippen molar-refractivity contribution in [3.63, 3.8) is 0 Å². The number of rotatable bonds is 6. The number of thioether (sulfide) groups is 1. The van der Waals surface area contributed by atoms with Crippen LogP contribution in [0, 0.1) is 10.1 Å². The molecule has 0 amide bonds. The quantitative estimate of drug-likeness (QED) is 0.498. The number of hydrogen-bond acceptors (Lipinski definition) is 5. The lowest BCUT2D eigenvalue weighted by molar-refractivity contribution is -0.383. The van der Waals surface area contributed by atoms with Gasteiger partial charge in [-0.05, 0) is 36.6 Å². The van der Waals surface area contributed by atoms with Crippen molar-refractivity contribution in [2.45, 2.75) is 6.42 Å². The summed E-state index contributed by atoms with van der Waals surface area (Å²) in [6.45, 7) is 0.838. The van der Waals surface area contributed by atoms with Crippen molar-refractivity contribution in [3.05, 3.63) is 40.6 Å². The Morgan fingerprint density at radius 1 is 1.42 bits per heavy atom. The van der Waals surface area contributed by atoms with Gasteiger partial charge in [-0.15, -0.1) is 0 Å². The molecule has 1 aromatic carbocycles. The lowest BCUT2D eigenvalue weighted by atomic mass is 10.1. The topological polar surface area (TPSA) is 68.1 Å². The minimum absolute atomic E-state index is 0.0952. The van der Waals surface area contributed by atoms with Crippen molar-refractivity contribution < 1.29 is 4.92 Å². The van der Waals surface area contributed by atoms with Gasteiger partial charge in [0.2, 0.25) is 0 Å². The number of nitrogens with one attached hydrogen (secondary N) is 1. The molecule has 100 valence electrons. The highest BCUT2D eigenvalue weighted by Gasteiger charge is 2.14. The normalized spacial score (nSPS) is 10.6. The van der Waals surface area contributed by atoms with Gasteiger partial charge in [0.15, 0.2) is 0 Å². The molecule has 19 heavy (non-hydrogen) atoms. The first-order valence-electron chi connectivity index (χ1n) is 5.99. The molecule has 0 saturated heterocycles. The zero-order valence-corrected chi connectivity index (χ0v) is 11.4. The maximum Gasteiger partial charge on any atom is 0.278 e. The van der Waals surface area contributed by atoms with E-state index in [2.05, 4.69) is 16.6 Å². The fraction of sp³-hybridized carbons (Fsp3) is 0.308. The minimum Gasteiger partial charge on any atom is -0.383 e. The summed E-state index contributed by atoms with van der Waals surface area (Å²) < 4.78 is 0. The first-order valence-corrected chi connectivity index (χ1v) is 7.38. The summed E-state index contributed by atoms with van der Waals surface area (Å²) in [7, 11) is 0. The van der Waals surface area contributed by atoms with Crippen molar-refractivity contribution in [1.29, 1.82) is 0 Å². The van der Waals surface area contributed by atoms with E-state index in [-0.39, 0.29) is 10.6 Å². The van der Waals surface area contributed by atoms with E-state index in [1.807, 2.05) is 0 Å². The summed E-state index contributed by atoms with van der Waals surface area (Å²) in [5.74, 6) is 1.09. The zero-order chi connectivity index (χ0) is 13.7. The molecular formula is C13H15N3O2S. The van der Waals surface area contributed by atoms with Gasteiger partial charge >= 0.3 is 0 Å². The molecule has 6 heteroatoms. The molecule has 0 unspecified atom stereocenters. The highest BCUT2D eigenvalue weighted by atomic mass is 32.2. The number of pyridine rings is 1. The van der Waals surface area contributed by atoms with E-state index in [9.17, 15) is 10.1 Å². The Morgan fingerprint density at radius 2 is 2.26 bits per heavy atom. The number of nitro groups is 1. The molecule has 2 rings (SSSR count). The van der Waals surface area contributed by atoms with Gasteiger partial charge in [0.05, 0.1) is 16.0 Å². The fourth-order valence-electron chi connectivity index (χ4n) is 1.90. The average Bonchev–Trinajstić information content (AvgIpc) is 2.43. The highest BCUT2D eigenvalue weighted by molar-refractivity contribution is 7.98. The molecule has 1 N–H and O–H groups in total. The number of hydrogen-bond donors (Lipinski definition) is 1. The van der Waals surface area contributed by atoms with E-state index in [1.165, 1.54) is 6.07 Å². The summed E-state index contributed by atoms with van der Waals surface area (Å²) in [6.07, 6.45) is 4.77. The van der Waals surface area contributed by atoms with E-state index >= 15 is 0 Å². The second-order valence-electron chi connectivity index (χ2n) is 4.06. The Kier molecular flexibility index (Phi) is 4.57. The predicted octanol–water partition coefficient (Wildman–Crippen LogP) is 3.31. The second-order valence-corrected chi connectivity index (χ2v) is 5.05. The Hall–Kier alpha value is -1.82. The largest absolute Gasteiger partial charge is 0.383 e. The second kappa shape index (κ2) is 6.38. The van der Waals surface area contributed by atoms with E-state index in [0.29, 0.717) is 10.9 Å². The van der Waals surface area contributed by atoms with Gasteiger partial charge in [-0.1, -0.05) is 0 Å². The monoisotopic (exact) mass is 277 g/mol. The van der Waals surface area contributed by atoms with Crippen LogP contribution in [0.2, 0.25) is 0 Å². The lowest BCUT2D eigenvalue weighted by Gasteiger charge is -2.08. The molecule has 1 heterocycles. The highest BCUT2D eigenvalue weighted by Crippen LogP contribution is 2.29. The van der Waals surface area contributed by atoms with Gasteiger partial charge < -0.3 is 5.32 Å². The molecule has 0 atom stereocenters. The smallest absolute Gasteiger partial charge is 0.278 e. The number of non-ortho nitro benzene ring substituents is 1. The van der Waals surface area contributed by atoms with E-state index in [1.54, 1.807) is 36.2 Å². The van der Waals surface area contributed by atoms with Crippen LogP contribution in [0.15, 0.2) is 30.5 Å². The predicted molar refractivity (Wildman–Crippen MR) is 79.9 cm³/mol. The number of aromatic nitrogens is 1. The van der Waals surface area contributed by atoms with Crippen molar-refractivity contribution in [2.75, 3.05) is 23.9 Å². The van der Waals surface area contributed by atoms with Gasteiger partial charge in [0, 0.05) is 18.8 Å². The molecule has 0 saturated carbocycles. The number of fused-ring (bicyclic) bond motifs is 1. The van der Waals surface area contributed by atoms with Crippen molar-refractivity contribution in [1.82, 2.24) is 4.98 Å². The van der Waals surface area contributed by atoms with Crippen LogP contribution in [0.5, 0.6) is 0 Å². The summed E-state index contributed by atoms with van der Waals surface area (Å²) >= 11 is 1.80. The maximum atomic E-state index is 11.0. The minimum atomic E-state index is -0.373. The molecule has 0 fully saturated rings. The number of benzene rings is 1. The molecule has 0 aliphatic rings. The van der Waals surface area contributed by atoms with Crippen LogP contribution < -0.4 is 5.32 Å². The standard InChI is InChI=1S/C13H15N3O2S/c1-19-9-3-8-14-11-5-6-12(16(17)18)10-4-2-7-15-13(10)11/h2,4-7,14H,3,8-9H2,1H3. The molecule has 1 aromatic heterocycles. The Bertz CT molecular complexity index is 589. The molecule has 0 radical (unpaired) electrons. The first-order chi connectivity index (χ1) is 9.24. The summed E-state index contributed by atoms with van der Waals surface area (Å²) in [4.78, 5) is 14.9. The van der Waals surface area contributed by atoms with Gasteiger partial charge in [-0.3, -0.25) is 15.1 Å². The number of nitro benzene ring substituents is 1. The SMILES string of the molecule is CSCCCNc1ccc([N+](=O)[O-])c2cccnc12.